The number of hydrogen-bond acceptors (Lipinski definition) is 2. The minimum Gasteiger partial charge on any atom is -0.363 e. The Morgan fingerprint density at radius 3 is 1.79 bits per heavy atom. The summed E-state index contributed by atoms with van der Waals surface area (Å²) in [4.78, 5) is 13.2. The molecule has 24 heavy (non-hydrogen) atoms. The third kappa shape index (κ3) is 4.03. The number of benzene rings is 3. The van der Waals surface area contributed by atoms with Gasteiger partial charge in [0.1, 0.15) is 0 Å². The van der Waals surface area contributed by atoms with Crippen molar-refractivity contribution in [2.45, 2.75) is 13.1 Å². The zero-order chi connectivity index (χ0) is 16.8. The lowest BCUT2D eigenvalue weighted by Gasteiger charge is -2.25. The van der Waals surface area contributed by atoms with Gasteiger partial charge in [0.2, 0.25) is 0 Å². The Balaban J connectivity index is 1.91. The first kappa shape index (κ1) is 16.3. The van der Waals surface area contributed by atoms with Crippen LogP contribution < -0.4 is 4.90 Å². The first-order chi connectivity index (χ1) is 11.8. The minimum atomic E-state index is 0.480. The van der Waals surface area contributed by atoms with Gasteiger partial charge in [-0.1, -0.05) is 72.3 Å². The lowest BCUT2D eigenvalue weighted by Crippen LogP contribution is -2.22. The predicted octanol–water partition coefficient (Wildman–Crippen LogP) is 5.36. The highest BCUT2D eigenvalue weighted by Crippen LogP contribution is 2.25. The van der Waals surface area contributed by atoms with E-state index in [-0.39, 0.29) is 0 Å². The molecule has 0 N–H and O–H groups in total. The molecule has 0 saturated heterocycles. The fourth-order valence-corrected chi connectivity index (χ4v) is 2.87. The van der Waals surface area contributed by atoms with Crippen LogP contribution in [0.15, 0.2) is 78.9 Å². The average Bonchev–Trinajstić information content (AvgIpc) is 2.63. The van der Waals surface area contributed by atoms with E-state index in [9.17, 15) is 4.79 Å². The van der Waals surface area contributed by atoms with E-state index >= 15 is 0 Å². The van der Waals surface area contributed by atoms with Crippen LogP contribution in [0.2, 0.25) is 5.02 Å². The third-order valence-corrected chi connectivity index (χ3v) is 4.24. The SMILES string of the molecule is O=Cc1ccc(N(Cc2ccccc2)Cc2ccccc2)cc1Cl. The van der Waals surface area contributed by atoms with Gasteiger partial charge in [-0.25, -0.2) is 0 Å². The van der Waals surface area contributed by atoms with Gasteiger partial charge in [0.25, 0.3) is 0 Å². The first-order valence-electron chi connectivity index (χ1n) is 7.84. The molecule has 0 radical (unpaired) electrons. The van der Waals surface area contributed by atoms with Gasteiger partial charge in [0.05, 0.1) is 5.02 Å². The largest absolute Gasteiger partial charge is 0.363 e. The van der Waals surface area contributed by atoms with Gasteiger partial charge in [-0.2, -0.15) is 0 Å². The normalized spacial score (nSPS) is 10.4. The first-order valence-corrected chi connectivity index (χ1v) is 8.21. The highest BCUT2D eigenvalue weighted by Gasteiger charge is 2.10. The Labute approximate surface area is 147 Å². The molecule has 0 aliphatic rings. The van der Waals surface area contributed by atoms with Crippen LogP contribution in [0.25, 0.3) is 0 Å². The minimum absolute atomic E-state index is 0.480. The van der Waals surface area contributed by atoms with E-state index in [2.05, 4.69) is 29.2 Å². The lowest BCUT2D eigenvalue weighted by atomic mass is 10.1. The molecule has 3 heteroatoms. The summed E-state index contributed by atoms with van der Waals surface area (Å²) in [5.74, 6) is 0. The van der Waals surface area contributed by atoms with Crippen LogP contribution >= 0.6 is 11.6 Å². The summed E-state index contributed by atoms with van der Waals surface area (Å²) in [5, 5.41) is 0.480. The monoisotopic (exact) mass is 335 g/mol. The summed E-state index contributed by atoms with van der Waals surface area (Å²) in [6.45, 7) is 1.54. The lowest BCUT2D eigenvalue weighted by molar-refractivity contribution is 0.112. The molecule has 0 fully saturated rings. The molecule has 0 atom stereocenters. The Kier molecular flexibility index (Phi) is 5.29. The van der Waals surface area contributed by atoms with Crippen molar-refractivity contribution in [3.63, 3.8) is 0 Å². The molecule has 120 valence electrons. The van der Waals surface area contributed by atoms with Gasteiger partial charge >= 0.3 is 0 Å². The molecule has 0 saturated carbocycles. The highest BCUT2D eigenvalue weighted by atomic mass is 35.5. The summed E-state index contributed by atoms with van der Waals surface area (Å²) in [5.41, 5.74) is 3.96. The van der Waals surface area contributed by atoms with Crippen LogP contribution in [0.3, 0.4) is 0 Å². The molecule has 0 bridgehead atoms. The van der Waals surface area contributed by atoms with Crippen LogP contribution in [-0.2, 0) is 13.1 Å². The summed E-state index contributed by atoms with van der Waals surface area (Å²) in [6.07, 6.45) is 0.783. The van der Waals surface area contributed by atoms with E-state index in [0.29, 0.717) is 10.6 Å². The standard InChI is InChI=1S/C21H18ClNO/c22-21-13-20(12-11-19(21)16-24)23(14-17-7-3-1-4-8-17)15-18-9-5-2-6-10-18/h1-13,16H,14-15H2. The van der Waals surface area contributed by atoms with E-state index in [4.69, 9.17) is 11.6 Å². The van der Waals surface area contributed by atoms with E-state index in [1.807, 2.05) is 48.5 Å². The molecule has 0 aliphatic carbocycles. The number of rotatable bonds is 6. The molecule has 3 aromatic rings. The van der Waals surface area contributed by atoms with Gasteiger partial charge in [-0.3, -0.25) is 4.79 Å². The van der Waals surface area contributed by atoms with Gasteiger partial charge in [-0.05, 0) is 29.3 Å². The van der Waals surface area contributed by atoms with Crippen molar-refractivity contribution in [2.24, 2.45) is 0 Å². The van der Waals surface area contributed by atoms with Crippen LogP contribution in [0.4, 0.5) is 5.69 Å². The van der Waals surface area contributed by atoms with E-state index in [1.165, 1.54) is 11.1 Å². The smallest absolute Gasteiger partial charge is 0.151 e. The maximum atomic E-state index is 11.0. The van der Waals surface area contributed by atoms with Crippen LogP contribution in [0.5, 0.6) is 0 Å². The molecular formula is C21H18ClNO. The second-order valence-corrected chi connectivity index (χ2v) is 6.06. The summed E-state index contributed by atoms with van der Waals surface area (Å²) >= 11 is 6.22. The number of aldehydes is 1. The Bertz CT molecular complexity index is 761. The van der Waals surface area contributed by atoms with Gasteiger partial charge in [0, 0.05) is 24.3 Å². The van der Waals surface area contributed by atoms with Gasteiger partial charge in [-0.15, -0.1) is 0 Å². The number of carbonyl (C=O) groups excluding carboxylic acids is 1. The van der Waals surface area contributed by atoms with Crippen LogP contribution in [0, 0.1) is 0 Å². The molecule has 0 spiro atoms. The van der Waals surface area contributed by atoms with E-state index < -0.39 is 0 Å². The molecule has 3 aromatic carbocycles. The topological polar surface area (TPSA) is 20.3 Å². The van der Waals surface area contributed by atoms with Gasteiger partial charge in [0.15, 0.2) is 6.29 Å². The Morgan fingerprint density at radius 2 is 1.33 bits per heavy atom. The van der Waals surface area contributed by atoms with Crippen molar-refractivity contribution < 1.29 is 4.79 Å². The molecule has 0 amide bonds. The van der Waals surface area contributed by atoms with Crippen molar-refractivity contribution in [1.29, 1.82) is 0 Å². The maximum Gasteiger partial charge on any atom is 0.151 e. The van der Waals surface area contributed by atoms with E-state index in [0.717, 1.165) is 25.1 Å². The van der Waals surface area contributed by atoms with Crippen molar-refractivity contribution in [3.05, 3.63) is 101 Å². The van der Waals surface area contributed by atoms with Crippen molar-refractivity contribution in [1.82, 2.24) is 0 Å². The number of hydrogen-bond donors (Lipinski definition) is 0. The number of nitrogens with zero attached hydrogens (tertiary/aromatic N) is 1. The van der Waals surface area contributed by atoms with Crippen LogP contribution in [0.1, 0.15) is 21.5 Å². The fraction of sp³-hybridized carbons (Fsp3) is 0.0952. The molecule has 0 unspecified atom stereocenters. The zero-order valence-corrected chi connectivity index (χ0v) is 14.0. The van der Waals surface area contributed by atoms with Gasteiger partial charge < -0.3 is 4.90 Å². The van der Waals surface area contributed by atoms with Crippen LogP contribution in [-0.4, -0.2) is 6.29 Å². The number of carbonyl (C=O) groups is 1. The molecule has 2 nitrogen and oxygen atoms in total. The summed E-state index contributed by atoms with van der Waals surface area (Å²) < 4.78 is 0. The maximum absolute atomic E-state index is 11.0. The highest BCUT2D eigenvalue weighted by molar-refractivity contribution is 6.33. The van der Waals surface area contributed by atoms with E-state index in [1.54, 1.807) is 6.07 Å². The quantitative estimate of drug-likeness (QED) is 0.565. The van der Waals surface area contributed by atoms with Crippen molar-refractivity contribution in [2.75, 3.05) is 4.90 Å². The predicted molar refractivity (Wildman–Crippen MR) is 99.6 cm³/mol. The van der Waals surface area contributed by atoms with Crippen molar-refractivity contribution >= 4 is 23.6 Å². The summed E-state index contributed by atoms with van der Waals surface area (Å²) in [6, 6.07) is 26.2. The Morgan fingerprint density at radius 1 is 0.792 bits per heavy atom. The molecule has 0 aliphatic heterocycles. The number of anilines is 1. The average molecular weight is 336 g/mol. The fourth-order valence-electron chi connectivity index (χ4n) is 2.65. The second kappa shape index (κ2) is 7.80. The third-order valence-electron chi connectivity index (χ3n) is 3.91. The molecule has 0 heterocycles. The molecular weight excluding hydrogens is 318 g/mol. The summed E-state index contributed by atoms with van der Waals surface area (Å²) in [7, 11) is 0. The Hall–Kier alpha value is -2.58. The second-order valence-electron chi connectivity index (χ2n) is 5.65. The molecule has 3 rings (SSSR count). The molecule has 0 aromatic heterocycles. The zero-order valence-electron chi connectivity index (χ0n) is 13.2. The van der Waals surface area contributed by atoms with Crippen molar-refractivity contribution in [3.8, 4) is 0 Å². The number of halogens is 1.